The van der Waals surface area contributed by atoms with Crippen LogP contribution in [0.25, 0.3) is 0 Å². The average molecular weight is 337 g/mol. The zero-order chi connectivity index (χ0) is 16.4. The summed E-state index contributed by atoms with van der Waals surface area (Å²) in [4.78, 5) is 16.4. The molecular weight excluding hydrogens is 314 g/mol. The number of benzene rings is 1. The van der Waals surface area contributed by atoms with Gasteiger partial charge >= 0.3 is 0 Å². The van der Waals surface area contributed by atoms with Crippen molar-refractivity contribution in [2.24, 2.45) is 0 Å². The van der Waals surface area contributed by atoms with E-state index in [1.54, 1.807) is 0 Å². The second kappa shape index (κ2) is 6.59. The summed E-state index contributed by atoms with van der Waals surface area (Å²) in [6.07, 6.45) is 1.97. The lowest BCUT2D eigenvalue weighted by Crippen LogP contribution is -2.36. The van der Waals surface area contributed by atoms with Gasteiger partial charge in [0.1, 0.15) is 0 Å². The third-order valence-electron chi connectivity index (χ3n) is 4.78. The molecule has 1 N–H and O–H groups in total. The van der Waals surface area contributed by atoms with Crippen LogP contribution in [0.2, 0.25) is 0 Å². The van der Waals surface area contributed by atoms with E-state index in [1.165, 1.54) is 12.6 Å². The van der Waals surface area contributed by atoms with E-state index in [1.807, 2.05) is 23.1 Å². The Kier molecular flexibility index (Phi) is 4.70. The zero-order valence-corrected chi connectivity index (χ0v) is 14.2. The second-order valence-corrected chi connectivity index (χ2v) is 8.30. The van der Waals surface area contributed by atoms with Gasteiger partial charge in [-0.15, -0.1) is 0 Å². The molecule has 1 saturated heterocycles. The Hall–Kier alpha value is -1.44. The molecular formula is C16H23N3O3S. The Labute approximate surface area is 137 Å². The Bertz CT molecular complexity index is 690. The van der Waals surface area contributed by atoms with Crippen LogP contribution in [0.4, 0.5) is 5.69 Å². The summed E-state index contributed by atoms with van der Waals surface area (Å²) in [6.45, 7) is 2.60. The number of rotatable bonds is 5. The fourth-order valence-electron chi connectivity index (χ4n) is 3.41. The molecule has 7 heteroatoms. The molecule has 3 rings (SSSR count). The van der Waals surface area contributed by atoms with E-state index in [0.717, 1.165) is 25.2 Å². The van der Waals surface area contributed by atoms with Gasteiger partial charge in [-0.2, -0.15) is 0 Å². The van der Waals surface area contributed by atoms with E-state index < -0.39 is 10.0 Å². The van der Waals surface area contributed by atoms with E-state index in [-0.39, 0.29) is 11.2 Å². The van der Waals surface area contributed by atoms with Gasteiger partial charge in [0.15, 0.2) is 0 Å². The number of likely N-dealkylation sites (tertiary alicyclic amines) is 1. The smallest absolute Gasteiger partial charge is 0.228 e. The molecule has 0 saturated carbocycles. The minimum Gasteiger partial charge on any atom is -0.312 e. The third kappa shape index (κ3) is 3.41. The maximum Gasteiger partial charge on any atom is 0.228 e. The molecule has 0 aromatic heterocycles. The highest BCUT2D eigenvalue weighted by atomic mass is 32.2. The van der Waals surface area contributed by atoms with Gasteiger partial charge in [-0.1, -0.05) is 18.2 Å². The standard InChI is InChI=1S/C16H23N3O3S/c1-17-23(21,22)14-7-9-18(12-14)10-8-16(20)19-11-6-13-4-2-3-5-15(13)19/h2-5,14,17H,6-12H2,1H3. The summed E-state index contributed by atoms with van der Waals surface area (Å²) >= 11 is 0. The quantitative estimate of drug-likeness (QED) is 0.854. The van der Waals surface area contributed by atoms with E-state index in [9.17, 15) is 13.2 Å². The summed E-state index contributed by atoms with van der Waals surface area (Å²) < 4.78 is 26.0. The van der Waals surface area contributed by atoms with Crippen LogP contribution in [0.15, 0.2) is 24.3 Å². The SMILES string of the molecule is CNS(=O)(=O)C1CCN(CCC(=O)N2CCc3ccccc32)C1. The molecule has 2 heterocycles. The van der Waals surface area contributed by atoms with E-state index in [4.69, 9.17) is 0 Å². The lowest BCUT2D eigenvalue weighted by Gasteiger charge is -2.20. The van der Waals surface area contributed by atoms with Crippen molar-refractivity contribution < 1.29 is 13.2 Å². The Morgan fingerprint density at radius 3 is 2.87 bits per heavy atom. The number of para-hydroxylation sites is 1. The predicted octanol–water partition coefficient (Wildman–Crippen LogP) is 0.589. The number of fused-ring (bicyclic) bond motifs is 1. The normalized spacial score (nSPS) is 21.6. The molecule has 0 aliphatic carbocycles. The molecule has 6 nitrogen and oxygen atoms in total. The van der Waals surface area contributed by atoms with Crippen LogP contribution in [0.3, 0.4) is 0 Å². The molecule has 1 unspecified atom stereocenters. The number of carbonyl (C=O) groups is 1. The molecule has 1 fully saturated rings. The Balaban J connectivity index is 1.53. The monoisotopic (exact) mass is 337 g/mol. The van der Waals surface area contributed by atoms with Gasteiger partial charge in [0.05, 0.1) is 5.25 Å². The van der Waals surface area contributed by atoms with Crippen LogP contribution in [0.1, 0.15) is 18.4 Å². The van der Waals surface area contributed by atoms with Crippen molar-refractivity contribution in [1.29, 1.82) is 0 Å². The average Bonchev–Trinajstić information content (AvgIpc) is 3.20. The number of hydrogen-bond donors (Lipinski definition) is 1. The van der Waals surface area contributed by atoms with Crippen LogP contribution in [-0.2, 0) is 21.2 Å². The number of anilines is 1. The maximum absolute atomic E-state index is 12.5. The van der Waals surface area contributed by atoms with Crippen molar-refractivity contribution in [3.05, 3.63) is 29.8 Å². The summed E-state index contributed by atoms with van der Waals surface area (Å²) in [6, 6.07) is 8.01. The van der Waals surface area contributed by atoms with Crippen LogP contribution in [-0.4, -0.2) is 57.7 Å². The minimum atomic E-state index is -3.21. The molecule has 1 atom stereocenters. The van der Waals surface area contributed by atoms with Gasteiger partial charge in [0.2, 0.25) is 15.9 Å². The molecule has 1 aromatic rings. The van der Waals surface area contributed by atoms with E-state index in [0.29, 0.717) is 25.9 Å². The van der Waals surface area contributed by atoms with Crippen LogP contribution < -0.4 is 9.62 Å². The highest BCUT2D eigenvalue weighted by molar-refractivity contribution is 7.90. The molecule has 126 valence electrons. The molecule has 0 radical (unpaired) electrons. The molecule has 2 aliphatic heterocycles. The van der Waals surface area contributed by atoms with Crippen molar-refractivity contribution in [1.82, 2.24) is 9.62 Å². The molecule has 23 heavy (non-hydrogen) atoms. The lowest BCUT2D eigenvalue weighted by atomic mass is 10.2. The summed E-state index contributed by atoms with van der Waals surface area (Å²) in [5, 5.41) is -0.366. The first kappa shape index (κ1) is 16.4. The van der Waals surface area contributed by atoms with Crippen molar-refractivity contribution in [2.75, 3.05) is 38.1 Å². The largest absolute Gasteiger partial charge is 0.312 e. The predicted molar refractivity (Wildman–Crippen MR) is 89.9 cm³/mol. The van der Waals surface area contributed by atoms with Gasteiger partial charge < -0.3 is 9.80 Å². The number of amides is 1. The van der Waals surface area contributed by atoms with Crippen molar-refractivity contribution in [2.45, 2.75) is 24.5 Å². The minimum absolute atomic E-state index is 0.120. The lowest BCUT2D eigenvalue weighted by molar-refractivity contribution is -0.118. The van der Waals surface area contributed by atoms with Gasteiger partial charge in [-0.3, -0.25) is 4.79 Å². The fourth-order valence-corrected chi connectivity index (χ4v) is 4.56. The third-order valence-corrected chi connectivity index (χ3v) is 6.61. The topological polar surface area (TPSA) is 69.7 Å². The fraction of sp³-hybridized carbons (Fsp3) is 0.562. The molecule has 0 bridgehead atoms. The highest BCUT2D eigenvalue weighted by Gasteiger charge is 2.32. The van der Waals surface area contributed by atoms with Crippen molar-refractivity contribution in [3.63, 3.8) is 0 Å². The number of nitrogens with one attached hydrogen (secondary N) is 1. The number of nitrogens with zero attached hydrogens (tertiary/aromatic N) is 2. The molecule has 1 aromatic carbocycles. The number of carbonyl (C=O) groups excluding carboxylic acids is 1. The second-order valence-electron chi connectivity index (χ2n) is 6.13. The summed E-state index contributed by atoms with van der Waals surface area (Å²) in [7, 11) is -1.76. The first-order valence-electron chi connectivity index (χ1n) is 8.04. The highest BCUT2D eigenvalue weighted by Crippen LogP contribution is 2.28. The first-order valence-corrected chi connectivity index (χ1v) is 9.59. The maximum atomic E-state index is 12.5. The van der Waals surface area contributed by atoms with E-state index >= 15 is 0 Å². The van der Waals surface area contributed by atoms with Gasteiger partial charge in [-0.25, -0.2) is 13.1 Å². The van der Waals surface area contributed by atoms with Gasteiger partial charge in [0.25, 0.3) is 0 Å². The van der Waals surface area contributed by atoms with Crippen molar-refractivity contribution in [3.8, 4) is 0 Å². The van der Waals surface area contributed by atoms with Gasteiger partial charge in [0, 0.05) is 31.7 Å². The van der Waals surface area contributed by atoms with Crippen molar-refractivity contribution >= 4 is 21.6 Å². The summed E-state index contributed by atoms with van der Waals surface area (Å²) in [5.41, 5.74) is 2.25. The molecule has 2 aliphatic rings. The van der Waals surface area contributed by atoms with Crippen LogP contribution in [0, 0.1) is 0 Å². The summed E-state index contributed by atoms with van der Waals surface area (Å²) in [5.74, 6) is 0.120. The van der Waals surface area contributed by atoms with E-state index in [2.05, 4.69) is 15.7 Å². The zero-order valence-electron chi connectivity index (χ0n) is 13.4. The van der Waals surface area contributed by atoms with Crippen LogP contribution in [0.5, 0.6) is 0 Å². The molecule has 1 amide bonds. The van der Waals surface area contributed by atoms with Gasteiger partial charge in [-0.05, 0) is 38.1 Å². The number of sulfonamides is 1. The molecule has 0 spiro atoms. The number of hydrogen-bond acceptors (Lipinski definition) is 4. The first-order chi connectivity index (χ1) is 11.0. The Morgan fingerprint density at radius 2 is 2.09 bits per heavy atom. The Morgan fingerprint density at radius 1 is 1.30 bits per heavy atom. The van der Waals surface area contributed by atoms with Crippen LogP contribution >= 0.6 is 0 Å².